The lowest BCUT2D eigenvalue weighted by Gasteiger charge is -2.20. The molecule has 7 nitrogen and oxygen atoms in total. The second-order valence-electron chi connectivity index (χ2n) is 11.1. The maximum Gasteiger partial charge on any atom is 0.306 e. The van der Waals surface area contributed by atoms with Crippen LogP contribution in [0, 0.1) is 11.7 Å². The summed E-state index contributed by atoms with van der Waals surface area (Å²) >= 11 is 6.23. The number of pyridine rings is 1. The molecule has 0 bridgehead atoms. The van der Waals surface area contributed by atoms with Gasteiger partial charge in [0.25, 0.3) is 0 Å². The van der Waals surface area contributed by atoms with Crippen LogP contribution in [-0.4, -0.2) is 28.8 Å². The maximum atomic E-state index is 13.7. The topological polar surface area (TPSA) is 113 Å². The first kappa shape index (κ1) is 30.4. The minimum Gasteiger partial charge on any atom is -0.482 e. The van der Waals surface area contributed by atoms with E-state index in [-0.39, 0.29) is 17.8 Å². The molecule has 1 aromatic heterocycles. The predicted molar refractivity (Wildman–Crippen MR) is 155 cm³/mol. The van der Waals surface area contributed by atoms with Gasteiger partial charge in [0.15, 0.2) is 11.6 Å². The summed E-state index contributed by atoms with van der Waals surface area (Å²) in [5.74, 6) is 0.509. The SMILES string of the molecule is CC(Oc1cc(C(C=NC2CCCC(CCC(=O)OC(C)(C)C)CC2)=CN)cnc1N)c1cc(F)ccc1Cl. The van der Waals surface area contributed by atoms with Crippen molar-refractivity contribution >= 4 is 35.2 Å². The standard InChI is InChI=1S/C30H40ClFN4O3/c1-19(25-15-23(32)10-12-26(25)31)38-27-14-21(17-36-29(27)34)22(16-33)18-35-24-7-5-6-20(8-11-24)9-13-28(37)39-30(2,3)4/h10,12,14-20,24H,5-9,11,13,33H2,1-4H3,(H2,34,36). The summed E-state index contributed by atoms with van der Waals surface area (Å²) < 4.78 is 25.2. The predicted octanol–water partition coefficient (Wildman–Crippen LogP) is 7.04. The maximum absolute atomic E-state index is 13.7. The highest BCUT2D eigenvalue weighted by molar-refractivity contribution is 6.31. The number of aromatic nitrogens is 1. The Labute approximate surface area is 235 Å². The molecule has 1 aromatic carbocycles. The highest BCUT2D eigenvalue weighted by Gasteiger charge is 2.22. The molecule has 1 aliphatic carbocycles. The van der Waals surface area contributed by atoms with Gasteiger partial charge in [0.2, 0.25) is 0 Å². The van der Waals surface area contributed by atoms with E-state index < -0.39 is 17.5 Å². The van der Waals surface area contributed by atoms with Crippen molar-refractivity contribution in [1.29, 1.82) is 0 Å². The van der Waals surface area contributed by atoms with Gasteiger partial charge in [0, 0.05) is 52.8 Å². The zero-order valence-electron chi connectivity index (χ0n) is 23.3. The number of esters is 1. The Kier molecular flexibility index (Phi) is 10.7. The van der Waals surface area contributed by atoms with Gasteiger partial charge in [-0.05, 0) is 83.6 Å². The highest BCUT2D eigenvalue weighted by Crippen LogP contribution is 2.32. The van der Waals surface area contributed by atoms with Gasteiger partial charge < -0.3 is 20.9 Å². The fraction of sp³-hybridized carbons (Fsp3) is 0.500. The van der Waals surface area contributed by atoms with Crippen molar-refractivity contribution in [2.24, 2.45) is 16.6 Å². The molecule has 0 amide bonds. The van der Waals surface area contributed by atoms with Crippen LogP contribution in [0.4, 0.5) is 10.2 Å². The van der Waals surface area contributed by atoms with Crippen molar-refractivity contribution in [2.75, 3.05) is 5.73 Å². The molecule has 2 aromatic rings. The van der Waals surface area contributed by atoms with Crippen LogP contribution in [-0.2, 0) is 9.53 Å². The molecule has 0 radical (unpaired) electrons. The molecule has 1 aliphatic rings. The number of anilines is 1. The van der Waals surface area contributed by atoms with E-state index in [1.807, 2.05) is 20.8 Å². The number of nitrogens with two attached hydrogens (primary N) is 2. The van der Waals surface area contributed by atoms with Crippen LogP contribution in [0.1, 0.15) is 89.9 Å². The number of aliphatic imine (C=N–C) groups is 1. The van der Waals surface area contributed by atoms with Gasteiger partial charge >= 0.3 is 5.97 Å². The fourth-order valence-corrected chi connectivity index (χ4v) is 4.97. The van der Waals surface area contributed by atoms with Crippen molar-refractivity contribution in [1.82, 2.24) is 4.98 Å². The molecule has 1 saturated carbocycles. The van der Waals surface area contributed by atoms with Crippen LogP contribution < -0.4 is 16.2 Å². The smallest absolute Gasteiger partial charge is 0.306 e. The molecular weight excluding hydrogens is 519 g/mol. The van der Waals surface area contributed by atoms with Crippen LogP contribution in [0.2, 0.25) is 5.02 Å². The highest BCUT2D eigenvalue weighted by atomic mass is 35.5. The lowest BCUT2D eigenvalue weighted by atomic mass is 9.95. The van der Waals surface area contributed by atoms with E-state index in [2.05, 4.69) is 4.98 Å². The number of carbonyl (C=O) groups excluding carboxylic acids is 1. The molecule has 3 unspecified atom stereocenters. The van der Waals surface area contributed by atoms with Gasteiger partial charge in [0.1, 0.15) is 17.5 Å². The number of carbonyl (C=O) groups is 1. The molecule has 0 aliphatic heterocycles. The number of ether oxygens (including phenoxy) is 2. The van der Waals surface area contributed by atoms with Gasteiger partial charge in [-0.25, -0.2) is 9.37 Å². The molecule has 39 heavy (non-hydrogen) atoms. The summed E-state index contributed by atoms with van der Waals surface area (Å²) in [5, 5.41) is 0.400. The van der Waals surface area contributed by atoms with Crippen molar-refractivity contribution in [3.8, 4) is 5.75 Å². The third-order valence-electron chi connectivity index (χ3n) is 6.75. The monoisotopic (exact) mass is 558 g/mol. The van der Waals surface area contributed by atoms with Gasteiger partial charge in [-0.2, -0.15) is 0 Å². The third-order valence-corrected chi connectivity index (χ3v) is 7.10. The molecule has 4 N–H and O–H groups in total. The molecular formula is C30H40ClFN4O3. The minimum absolute atomic E-state index is 0.132. The second-order valence-corrected chi connectivity index (χ2v) is 11.5. The average Bonchev–Trinajstić information content (AvgIpc) is 3.10. The Morgan fingerprint density at radius 3 is 2.74 bits per heavy atom. The van der Waals surface area contributed by atoms with E-state index in [0.717, 1.165) is 38.5 Å². The van der Waals surface area contributed by atoms with Crippen molar-refractivity contribution in [3.63, 3.8) is 0 Å². The Morgan fingerprint density at radius 2 is 2.03 bits per heavy atom. The van der Waals surface area contributed by atoms with Crippen molar-refractivity contribution < 1.29 is 18.7 Å². The normalized spacial score (nSPS) is 19.5. The number of rotatable bonds is 9. The quantitative estimate of drug-likeness (QED) is 0.194. The zero-order chi connectivity index (χ0) is 28.6. The molecule has 0 spiro atoms. The molecule has 0 saturated heterocycles. The summed E-state index contributed by atoms with van der Waals surface area (Å²) in [5.41, 5.74) is 13.5. The number of hydrogen-bond acceptors (Lipinski definition) is 7. The van der Waals surface area contributed by atoms with Crippen LogP contribution in [0.3, 0.4) is 0 Å². The average molecular weight is 559 g/mol. The summed E-state index contributed by atoms with van der Waals surface area (Å²) in [4.78, 5) is 21.2. The number of halogens is 2. The molecule has 3 atom stereocenters. The summed E-state index contributed by atoms with van der Waals surface area (Å²) in [6, 6.07) is 6.06. The number of hydrogen-bond donors (Lipinski definition) is 2. The van der Waals surface area contributed by atoms with E-state index >= 15 is 0 Å². The first-order valence-electron chi connectivity index (χ1n) is 13.5. The van der Waals surface area contributed by atoms with Gasteiger partial charge in [0.05, 0.1) is 0 Å². The molecule has 1 heterocycles. The fourth-order valence-electron chi connectivity index (χ4n) is 4.70. The van der Waals surface area contributed by atoms with Crippen LogP contribution in [0.5, 0.6) is 5.75 Å². The number of benzene rings is 1. The van der Waals surface area contributed by atoms with Crippen LogP contribution >= 0.6 is 11.6 Å². The van der Waals surface area contributed by atoms with Crippen molar-refractivity contribution in [3.05, 3.63) is 58.6 Å². The van der Waals surface area contributed by atoms with E-state index in [9.17, 15) is 9.18 Å². The zero-order valence-corrected chi connectivity index (χ0v) is 24.0. The van der Waals surface area contributed by atoms with E-state index in [4.69, 9.17) is 37.5 Å². The minimum atomic E-state index is -0.555. The Morgan fingerprint density at radius 1 is 1.26 bits per heavy atom. The largest absolute Gasteiger partial charge is 0.482 e. The molecule has 9 heteroatoms. The first-order chi connectivity index (χ1) is 18.4. The Balaban J connectivity index is 1.61. The summed E-state index contributed by atoms with van der Waals surface area (Å²) in [6.45, 7) is 7.43. The summed E-state index contributed by atoms with van der Waals surface area (Å²) in [7, 11) is 0. The second kappa shape index (κ2) is 13.8. The molecule has 1 fully saturated rings. The lowest BCUT2D eigenvalue weighted by Crippen LogP contribution is -2.24. The number of nitrogens with zero attached hydrogens (tertiary/aromatic N) is 2. The van der Waals surface area contributed by atoms with E-state index in [0.29, 0.717) is 39.8 Å². The number of nitrogen functional groups attached to an aromatic ring is 1. The van der Waals surface area contributed by atoms with Crippen LogP contribution in [0.15, 0.2) is 41.7 Å². The Hall–Kier alpha value is -3.13. The lowest BCUT2D eigenvalue weighted by molar-refractivity contribution is -0.155. The van der Waals surface area contributed by atoms with E-state index in [1.165, 1.54) is 24.4 Å². The first-order valence-corrected chi connectivity index (χ1v) is 13.9. The Bertz CT molecular complexity index is 1200. The summed E-state index contributed by atoms with van der Waals surface area (Å²) in [6.07, 6.45) is 10.7. The van der Waals surface area contributed by atoms with Gasteiger partial charge in [-0.1, -0.05) is 24.4 Å². The molecule has 3 rings (SSSR count). The molecule has 212 valence electrons. The van der Waals surface area contributed by atoms with Gasteiger partial charge in [-0.3, -0.25) is 9.79 Å². The number of allylic oxidation sites excluding steroid dienone is 1. The van der Waals surface area contributed by atoms with Crippen molar-refractivity contribution in [2.45, 2.75) is 90.4 Å². The van der Waals surface area contributed by atoms with Gasteiger partial charge in [-0.15, -0.1) is 0 Å². The van der Waals surface area contributed by atoms with Crippen LogP contribution in [0.25, 0.3) is 5.57 Å². The van der Waals surface area contributed by atoms with E-state index in [1.54, 1.807) is 25.4 Å². The third kappa shape index (κ3) is 9.53.